The molecule has 8 heteroatoms. The highest BCUT2D eigenvalue weighted by Crippen LogP contribution is 2.37. The lowest BCUT2D eigenvalue weighted by atomic mass is 10.2. The second-order valence-electron chi connectivity index (χ2n) is 5.13. The van der Waals surface area contributed by atoms with Crippen molar-refractivity contribution in [2.75, 3.05) is 25.2 Å². The maximum atomic E-state index is 12.8. The number of anilines is 1. The van der Waals surface area contributed by atoms with Crippen LogP contribution in [0.5, 0.6) is 0 Å². The van der Waals surface area contributed by atoms with Crippen LogP contribution in [0, 0.1) is 5.92 Å². The molecule has 1 aromatic heterocycles. The number of ether oxygens (including phenoxy) is 1. The molecule has 21 heavy (non-hydrogen) atoms. The molecule has 0 bridgehead atoms. The third-order valence-electron chi connectivity index (χ3n) is 3.56. The topological polar surface area (TPSA) is 38.2 Å². The van der Waals surface area contributed by atoms with Gasteiger partial charge in [0.15, 0.2) is 0 Å². The molecule has 0 aliphatic heterocycles. The van der Waals surface area contributed by atoms with E-state index in [4.69, 9.17) is 16.3 Å². The number of alkyl halides is 3. The second kappa shape index (κ2) is 6.36. The maximum Gasteiger partial charge on any atom is 0.451 e. The van der Waals surface area contributed by atoms with Gasteiger partial charge in [-0.15, -0.1) is 0 Å². The van der Waals surface area contributed by atoms with Crippen molar-refractivity contribution in [1.29, 1.82) is 0 Å². The lowest BCUT2D eigenvalue weighted by Crippen LogP contribution is -2.38. The fourth-order valence-electron chi connectivity index (χ4n) is 2.23. The Balaban J connectivity index is 2.31. The zero-order valence-electron chi connectivity index (χ0n) is 11.8. The van der Waals surface area contributed by atoms with Gasteiger partial charge >= 0.3 is 6.18 Å². The van der Waals surface area contributed by atoms with Crippen LogP contribution in [0.2, 0.25) is 5.15 Å². The van der Waals surface area contributed by atoms with Gasteiger partial charge in [-0.2, -0.15) is 13.2 Å². The summed E-state index contributed by atoms with van der Waals surface area (Å²) >= 11 is 5.73. The Morgan fingerprint density at radius 2 is 2.10 bits per heavy atom. The molecule has 0 saturated heterocycles. The van der Waals surface area contributed by atoms with E-state index in [2.05, 4.69) is 9.97 Å². The van der Waals surface area contributed by atoms with Crippen LogP contribution in [0.4, 0.5) is 19.0 Å². The van der Waals surface area contributed by atoms with Gasteiger partial charge in [-0.1, -0.05) is 11.6 Å². The Kier molecular flexibility index (Phi) is 4.93. The number of rotatable bonds is 6. The first-order valence-electron chi connectivity index (χ1n) is 6.70. The largest absolute Gasteiger partial charge is 0.451 e. The van der Waals surface area contributed by atoms with Crippen LogP contribution in [0.3, 0.4) is 0 Å². The number of hydrogen-bond acceptors (Lipinski definition) is 4. The molecule has 0 N–H and O–H groups in total. The predicted octanol–water partition coefficient (Wildman–Crippen LogP) is 3.40. The van der Waals surface area contributed by atoms with Gasteiger partial charge in [0.25, 0.3) is 0 Å². The summed E-state index contributed by atoms with van der Waals surface area (Å²) in [7, 11) is 1.55. The van der Waals surface area contributed by atoms with E-state index >= 15 is 0 Å². The standard InChI is InChI=1S/C13H17ClF3N3O/c1-8(9-3-4-9)20(5-6-21-2)11-7-10(14)18-12(19-11)13(15,16)17/h7-9H,3-6H2,1-2H3. The van der Waals surface area contributed by atoms with Crippen LogP contribution in [-0.2, 0) is 10.9 Å². The van der Waals surface area contributed by atoms with Crippen molar-refractivity contribution >= 4 is 17.4 Å². The quantitative estimate of drug-likeness (QED) is 0.752. The summed E-state index contributed by atoms with van der Waals surface area (Å²) in [6.07, 6.45) is -2.46. The Bertz CT molecular complexity index is 494. The van der Waals surface area contributed by atoms with Crippen LogP contribution in [-0.4, -0.2) is 36.3 Å². The fraction of sp³-hybridized carbons (Fsp3) is 0.692. The molecule has 118 valence electrons. The first kappa shape index (κ1) is 16.3. The van der Waals surface area contributed by atoms with Gasteiger partial charge in [-0.05, 0) is 25.7 Å². The summed E-state index contributed by atoms with van der Waals surface area (Å²) < 4.78 is 43.5. The number of aromatic nitrogens is 2. The average molecular weight is 324 g/mol. The highest BCUT2D eigenvalue weighted by atomic mass is 35.5. The minimum Gasteiger partial charge on any atom is -0.383 e. The number of halogens is 4. The van der Waals surface area contributed by atoms with Gasteiger partial charge in [0.2, 0.25) is 5.82 Å². The van der Waals surface area contributed by atoms with Gasteiger partial charge in [-0.25, -0.2) is 9.97 Å². The lowest BCUT2D eigenvalue weighted by Gasteiger charge is -2.30. The Morgan fingerprint density at radius 1 is 1.43 bits per heavy atom. The second-order valence-corrected chi connectivity index (χ2v) is 5.52. The van der Waals surface area contributed by atoms with Gasteiger partial charge in [0.1, 0.15) is 11.0 Å². The van der Waals surface area contributed by atoms with Crippen molar-refractivity contribution in [1.82, 2.24) is 9.97 Å². The highest BCUT2D eigenvalue weighted by molar-refractivity contribution is 6.29. The molecule has 1 saturated carbocycles. The van der Waals surface area contributed by atoms with Crippen LogP contribution < -0.4 is 4.90 Å². The van der Waals surface area contributed by atoms with E-state index in [0.29, 0.717) is 19.1 Å². The van der Waals surface area contributed by atoms with E-state index in [1.165, 1.54) is 6.07 Å². The fourth-order valence-corrected chi connectivity index (χ4v) is 2.41. The molecular formula is C13H17ClF3N3O. The summed E-state index contributed by atoms with van der Waals surface area (Å²) in [6.45, 7) is 2.84. The zero-order chi connectivity index (χ0) is 15.6. The monoisotopic (exact) mass is 323 g/mol. The first-order chi connectivity index (χ1) is 9.82. The maximum absolute atomic E-state index is 12.8. The molecule has 0 radical (unpaired) electrons. The van der Waals surface area contributed by atoms with Crippen LogP contribution in [0.15, 0.2) is 6.07 Å². The molecule has 1 aliphatic rings. The van der Waals surface area contributed by atoms with Crippen molar-refractivity contribution in [3.05, 3.63) is 17.0 Å². The normalized spacial score (nSPS) is 16.9. The molecule has 0 aromatic carbocycles. The third-order valence-corrected chi connectivity index (χ3v) is 3.75. The lowest BCUT2D eigenvalue weighted by molar-refractivity contribution is -0.144. The van der Waals surface area contributed by atoms with Crippen molar-refractivity contribution in [2.45, 2.75) is 32.0 Å². The van der Waals surface area contributed by atoms with Crippen molar-refractivity contribution in [2.24, 2.45) is 5.92 Å². The average Bonchev–Trinajstić information content (AvgIpc) is 3.21. The van der Waals surface area contributed by atoms with Gasteiger partial charge in [-0.3, -0.25) is 0 Å². The van der Waals surface area contributed by atoms with E-state index in [1.807, 2.05) is 11.8 Å². The number of nitrogens with zero attached hydrogens (tertiary/aromatic N) is 3. The molecule has 4 nitrogen and oxygen atoms in total. The predicted molar refractivity (Wildman–Crippen MR) is 73.5 cm³/mol. The van der Waals surface area contributed by atoms with E-state index in [0.717, 1.165) is 12.8 Å². The molecule has 1 atom stereocenters. The van der Waals surface area contributed by atoms with Crippen LogP contribution >= 0.6 is 11.6 Å². The van der Waals surface area contributed by atoms with Crippen molar-refractivity contribution in [3.63, 3.8) is 0 Å². The van der Waals surface area contributed by atoms with Crippen LogP contribution in [0.1, 0.15) is 25.6 Å². The minimum absolute atomic E-state index is 0.0900. The molecular weight excluding hydrogens is 307 g/mol. The van der Waals surface area contributed by atoms with Gasteiger partial charge in [0, 0.05) is 25.8 Å². The SMILES string of the molecule is COCCN(c1cc(Cl)nc(C(F)(F)F)n1)C(C)C1CC1. The number of hydrogen-bond donors (Lipinski definition) is 0. The molecule has 1 unspecified atom stereocenters. The number of methoxy groups -OCH3 is 1. The summed E-state index contributed by atoms with van der Waals surface area (Å²) in [5.41, 5.74) is 0. The summed E-state index contributed by atoms with van der Waals surface area (Å²) in [6, 6.07) is 1.46. The van der Waals surface area contributed by atoms with Gasteiger partial charge < -0.3 is 9.64 Å². The Morgan fingerprint density at radius 3 is 2.62 bits per heavy atom. The van der Waals surface area contributed by atoms with E-state index in [9.17, 15) is 13.2 Å². The molecule has 1 fully saturated rings. The van der Waals surface area contributed by atoms with Crippen molar-refractivity contribution in [3.8, 4) is 0 Å². The van der Waals surface area contributed by atoms with Crippen LogP contribution in [0.25, 0.3) is 0 Å². The third kappa shape index (κ3) is 4.20. The van der Waals surface area contributed by atoms with Crippen molar-refractivity contribution < 1.29 is 17.9 Å². The summed E-state index contributed by atoms with van der Waals surface area (Å²) in [5, 5.41) is -0.210. The molecule has 1 aromatic rings. The minimum atomic E-state index is -4.62. The molecule has 0 spiro atoms. The molecule has 1 aliphatic carbocycles. The summed E-state index contributed by atoms with van der Waals surface area (Å²) in [5.74, 6) is -0.542. The Labute approximate surface area is 126 Å². The highest BCUT2D eigenvalue weighted by Gasteiger charge is 2.37. The smallest absolute Gasteiger partial charge is 0.383 e. The van der Waals surface area contributed by atoms with E-state index in [1.54, 1.807) is 7.11 Å². The van der Waals surface area contributed by atoms with Gasteiger partial charge in [0.05, 0.1) is 6.61 Å². The molecule has 2 rings (SSSR count). The van der Waals surface area contributed by atoms with E-state index < -0.39 is 12.0 Å². The molecule has 0 amide bonds. The summed E-state index contributed by atoms with van der Waals surface area (Å²) in [4.78, 5) is 8.71. The van der Waals surface area contributed by atoms with E-state index in [-0.39, 0.29) is 17.0 Å². The zero-order valence-corrected chi connectivity index (χ0v) is 12.6. The first-order valence-corrected chi connectivity index (χ1v) is 7.08. The Hall–Kier alpha value is -1.08. The molecule has 1 heterocycles.